The molecular formula is C30H34N4O8S. The van der Waals surface area contributed by atoms with Gasteiger partial charge in [0.2, 0.25) is 22.7 Å². The standard InChI is InChI=1S/C30H34N4O8S/c1-40-24-8-10-25(11-9-24)43(38,39)34(20-22-7-13-27-28(19-22)42-21-41-27)26(30(36)31-37)12-14-29(35)33-17-15-32(16-18-33)23-5-3-2-4-6-23/h2-11,13,19,26,37H,12,14-18,20-21H2,1H3,(H,31,36)/t26-/m1/s1. The fourth-order valence-electron chi connectivity index (χ4n) is 5.22. The molecular weight excluding hydrogens is 576 g/mol. The topological polar surface area (TPSA) is 138 Å². The van der Waals surface area contributed by atoms with Crippen LogP contribution in [0.25, 0.3) is 0 Å². The van der Waals surface area contributed by atoms with Crippen LogP contribution in [0.3, 0.4) is 0 Å². The van der Waals surface area contributed by atoms with Crippen molar-refractivity contribution in [3.8, 4) is 17.2 Å². The number of piperazine rings is 1. The maximum atomic E-state index is 14.0. The normalized spacial score (nSPS) is 15.3. The molecule has 13 heteroatoms. The zero-order valence-corrected chi connectivity index (χ0v) is 24.5. The Balaban J connectivity index is 1.36. The van der Waals surface area contributed by atoms with Crippen LogP contribution in [0.4, 0.5) is 5.69 Å². The number of rotatable bonds is 11. The van der Waals surface area contributed by atoms with Crippen molar-refractivity contribution in [2.24, 2.45) is 0 Å². The molecule has 1 saturated heterocycles. The molecule has 1 fully saturated rings. The molecule has 0 bridgehead atoms. The van der Waals surface area contributed by atoms with Crippen molar-refractivity contribution < 1.29 is 37.4 Å². The maximum absolute atomic E-state index is 14.0. The summed E-state index contributed by atoms with van der Waals surface area (Å²) in [4.78, 5) is 30.1. The number of fused-ring (bicyclic) bond motifs is 1. The lowest BCUT2D eigenvalue weighted by Gasteiger charge is -2.36. The van der Waals surface area contributed by atoms with Crippen molar-refractivity contribution >= 4 is 27.5 Å². The van der Waals surface area contributed by atoms with Crippen molar-refractivity contribution in [2.75, 3.05) is 45.0 Å². The van der Waals surface area contributed by atoms with Gasteiger partial charge in [-0.25, -0.2) is 13.9 Å². The number of nitrogens with one attached hydrogen (secondary N) is 1. The second-order valence-corrected chi connectivity index (χ2v) is 12.0. The van der Waals surface area contributed by atoms with E-state index in [9.17, 15) is 23.2 Å². The Morgan fingerprint density at radius 2 is 1.67 bits per heavy atom. The molecule has 2 heterocycles. The van der Waals surface area contributed by atoms with E-state index < -0.39 is 22.0 Å². The van der Waals surface area contributed by atoms with E-state index >= 15 is 0 Å². The molecule has 2 aliphatic rings. The molecule has 1 atom stereocenters. The summed E-state index contributed by atoms with van der Waals surface area (Å²) < 4.78 is 45.0. The number of ether oxygens (including phenoxy) is 3. The minimum Gasteiger partial charge on any atom is -0.497 e. The third-order valence-corrected chi connectivity index (χ3v) is 9.46. The van der Waals surface area contributed by atoms with E-state index in [1.165, 1.54) is 31.4 Å². The van der Waals surface area contributed by atoms with E-state index in [2.05, 4.69) is 4.90 Å². The molecule has 43 heavy (non-hydrogen) atoms. The van der Waals surface area contributed by atoms with Crippen molar-refractivity contribution in [1.29, 1.82) is 0 Å². The maximum Gasteiger partial charge on any atom is 0.261 e. The molecule has 0 radical (unpaired) electrons. The molecule has 0 aromatic heterocycles. The van der Waals surface area contributed by atoms with Crippen molar-refractivity contribution in [3.05, 3.63) is 78.4 Å². The van der Waals surface area contributed by atoms with Gasteiger partial charge >= 0.3 is 0 Å². The highest BCUT2D eigenvalue weighted by Gasteiger charge is 2.37. The molecule has 2 amide bonds. The SMILES string of the molecule is COc1ccc(S(=O)(=O)N(Cc2ccc3c(c2)OCO3)[C@H](CCC(=O)N2CCN(c3ccccc3)CC2)C(=O)NO)cc1. The number of carbonyl (C=O) groups excluding carboxylic acids is 2. The van der Waals surface area contributed by atoms with Gasteiger partial charge in [0.25, 0.3) is 5.91 Å². The Morgan fingerprint density at radius 1 is 0.977 bits per heavy atom. The molecule has 5 rings (SSSR count). The van der Waals surface area contributed by atoms with Crippen LogP contribution in [0, 0.1) is 0 Å². The summed E-state index contributed by atoms with van der Waals surface area (Å²) in [6.07, 6.45) is -0.247. The molecule has 228 valence electrons. The van der Waals surface area contributed by atoms with Gasteiger partial charge < -0.3 is 24.0 Å². The Kier molecular flexibility index (Phi) is 9.34. The van der Waals surface area contributed by atoms with Gasteiger partial charge in [0.05, 0.1) is 12.0 Å². The van der Waals surface area contributed by atoms with Gasteiger partial charge in [-0.3, -0.25) is 14.8 Å². The highest BCUT2D eigenvalue weighted by molar-refractivity contribution is 7.89. The average Bonchev–Trinajstić information content (AvgIpc) is 3.52. The predicted octanol–water partition coefficient (Wildman–Crippen LogP) is 2.62. The molecule has 0 spiro atoms. The lowest BCUT2D eigenvalue weighted by molar-refractivity contribution is -0.135. The van der Waals surface area contributed by atoms with Gasteiger partial charge in [0.15, 0.2) is 11.5 Å². The van der Waals surface area contributed by atoms with E-state index in [1.54, 1.807) is 28.6 Å². The molecule has 12 nitrogen and oxygen atoms in total. The van der Waals surface area contributed by atoms with Gasteiger partial charge in [-0.2, -0.15) is 4.31 Å². The van der Waals surface area contributed by atoms with Crippen LogP contribution in [0.2, 0.25) is 0 Å². The first-order chi connectivity index (χ1) is 20.8. The molecule has 0 aliphatic carbocycles. The number of anilines is 1. The molecule has 0 saturated carbocycles. The quantitative estimate of drug-likeness (QED) is 0.248. The van der Waals surface area contributed by atoms with Gasteiger partial charge in [-0.15, -0.1) is 0 Å². The van der Waals surface area contributed by atoms with Crippen LogP contribution in [-0.4, -0.2) is 80.8 Å². The summed E-state index contributed by atoms with van der Waals surface area (Å²) in [5.74, 6) is 0.292. The summed E-state index contributed by atoms with van der Waals surface area (Å²) in [6, 6.07) is 19.3. The van der Waals surface area contributed by atoms with Crippen LogP contribution < -0.4 is 24.6 Å². The van der Waals surface area contributed by atoms with Crippen LogP contribution >= 0.6 is 0 Å². The first-order valence-corrected chi connectivity index (χ1v) is 15.3. The first kappa shape index (κ1) is 30.1. The van der Waals surface area contributed by atoms with Gasteiger partial charge in [-0.05, 0) is 60.5 Å². The van der Waals surface area contributed by atoms with Crippen LogP contribution in [0.1, 0.15) is 18.4 Å². The number of hydrogen-bond donors (Lipinski definition) is 2. The number of benzene rings is 3. The fourth-order valence-corrected chi connectivity index (χ4v) is 6.82. The van der Waals surface area contributed by atoms with E-state index in [-0.39, 0.29) is 37.0 Å². The molecule has 2 N–H and O–H groups in total. The summed E-state index contributed by atoms with van der Waals surface area (Å²) in [6.45, 7) is 2.11. The Bertz CT molecular complexity index is 1530. The Labute approximate surface area is 250 Å². The number of hydroxylamine groups is 1. The number of sulfonamides is 1. The van der Waals surface area contributed by atoms with Gasteiger partial charge in [0.1, 0.15) is 11.8 Å². The van der Waals surface area contributed by atoms with Gasteiger partial charge in [0, 0.05) is 44.8 Å². The van der Waals surface area contributed by atoms with Crippen LogP contribution in [0.5, 0.6) is 17.2 Å². The lowest BCUT2D eigenvalue weighted by Crippen LogP contribution is -2.51. The highest BCUT2D eigenvalue weighted by atomic mass is 32.2. The van der Waals surface area contributed by atoms with Crippen molar-refractivity contribution in [3.63, 3.8) is 0 Å². The summed E-state index contributed by atoms with van der Waals surface area (Å²) in [5, 5.41) is 9.63. The summed E-state index contributed by atoms with van der Waals surface area (Å²) in [5.41, 5.74) is 3.21. The van der Waals surface area contributed by atoms with Gasteiger partial charge in [-0.1, -0.05) is 24.3 Å². The van der Waals surface area contributed by atoms with Crippen molar-refractivity contribution in [2.45, 2.75) is 30.3 Å². The second-order valence-electron chi connectivity index (χ2n) is 10.1. The minimum absolute atomic E-state index is 0.0455. The summed E-state index contributed by atoms with van der Waals surface area (Å²) >= 11 is 0. The number of methoxy groups -OCH3 is 1. The average molecular weight is 611 g/mol. The monoisotopic (exact) mass is 610 g/mol. The van der Waals surface area contributed by atoms with Crippen LogP contribution in [0.15, 0.2) is 77.7 Å². The van der Waals surface area contributed by atoms with E-state index in [0.29, 0.717) is 49.0 Å². The number of nitrogens with zero attached hydrogens (tertiary/aromatic N) is 3. The zero-order valence-electron chi connectivity index (χ0n) is 23.7. The van der Waals surface area contributed by atoms with E-state index in [4.69, 9.17) is 14.2 Å². The number of hydrogen-bond acceptors (Lipinski definition) is 9. The molecule has 3 aromatic rings. The van der Waals surface area contributed by atoms with E-state index in [0.717, 1.165) is 9.99 Å². The zero-order chi connectivity index (χ0) is 30.4. The van der Waals surface area contributed by atoms with Crippen molar-refractivity contribution in [1.82, 2.24) is 14.7 Å². The fraction of sp³-hybridized carbons (Fsp3) is 0.333. The first-order valence-electron chi connectivity index (χ1n) is 13.9. The Hall–Kier alpha value is -4.33. The third-order valence-electron chi connectivity index (χ3n) is 7.59. The second kappa shape index (κ2) is 13.3. The summed E-state index contributed by atoms with van der Waals surface area (Å²) in [7, 11) is -2.83. The smallest absolute Gasteiger partial charge is 0.261 e. The van der Waals surface area contributed by atoms with E-state index in [1.807, 2.05) is 30.3 Å². The lowest BCUT2D eigenvalue weighted by atomic mass is 10.1. The Morgan fingerprint density at radius 3 is 2.35 bits per heavy atom. The molecule has 2 aliphatic heterocycles. The predicted molar refractivity (Wildman–Crippen MR) is 156 cm³/mol. The number of para-hydroxylation sites is 1. The van der Waals surface area contributed by atoms with Crippen LogP contribution in [-0.2, 0) is 26.2 Å². The largest absolute Gasteiger partial charge is 0.497 e. The minimum atomic E-state index is -4.30. The molecule has 3 aromatic carbocycles. The number of carbonyl (C=O) groups is 2. The molecule has 0 unspecified atom stereocenters. The third kappa shape index (κ3) is 6.85. The number of amides is 2. The highest BCUT2D eigenvalue weighted by Crippen LogP contribution is 2.34.